The standard InChI is InChI=1S/C14H22O3/c1-4-17-12(16)8-14-7-11(15)5-10(14)6-13(2,3)9-14/h10H,4-9H2,1-3H3/t10-,14-/m0/s1. The monoisotopic (exact) mass is 238 g/mol. The second kappa shape index (κ2) is 4.11. The van der Waals surface area contributed by atoms with Crippen LogP contribution in [-0.4, -0.2) is 18.4 Å². The molecule has 96 valence electrons. The summed E-state index contributed by atoms with van der Waals surface area (Å²) in [5.41, 5.74) is 0.171. The molecule has 17 heavy (non-hydrogen) atoms. The lowest BCUT2D eigenvalue weighted by molar-refractivity contribution is -0.146. The molecule has 0 heterocycles. The maximum atomic E-state index is 11.7. The first-order chi connectivity index (χ1) is 7.87. The van der Waals surface area contributed by atoms with Crippen molar-refractivity contribution in [2.45, 2.75) is 52.9 Å². The van der Waals surface area contributed by atoms with E-state index in [1.54, 1.807) is 0 Å². The van der Waals surface area contributed by atoms with Crippen LogP contribution >= 0.6 is 0 Å². The summed E-state index contributed by atoms with van der Waals surface area (Å²) < 4.78 is 5.06. The first kappa shape index (κ1) is 12.6. The highest BCUT2D eigenvalue weighted by Gasteiger charge is 2.56. The molecule has 0 aliphatic heterocycles. The van der Waals surface area contributed by atoms with E-state index in [9.17, 15) is 9.59 Å². The van der Waals surface area contributed by atoms with Crippen molar-refractivity contribution in [3.63, 3.8) is 0 Å². The first-order valence-electron chi connectivity index (χ1n) is 6.54. The molecule has 0 aromatic rings. The van der Waals surface area contributed by atoms with E-state index in [-0.39, 0.29) is 16.8 Å². The summed E-state index contributed by atoms with van der Waals surface area (Å²) >= 11 is 0. The molecule has 2 fully saturated rings. The number of carbonyl (C=O) groups excluding carboxylic acids is 2. The van der Waals surface area contributed by atoms with Crippen LogP contribution < -0.4 is 0 Å². The number of ketones is 1. The van der Waals surface area contributed by atoms with Gasteiger partial charge in [-0.2, -0.15) is 0 Å². The first-order valence-corrected chi connectivity index (χ1v) is 6.54. The minimum Gasteiger partial charge on any atom is -0.466 e. The number of hydrogen-bond acceptors (Lipinski definition) is 3. The number of Topliss-reactive ketones (excluding diaryl/α,β-unsaturated/α-hetero) is 1. The van der Waals surface area contributed by atoms with Gasteiger partial charge >= 0.3 is 5.97 Å². The lowest BCUT2D eigenvalue weighted by Crippen LogP contribution is -2.26. The molecule has 0 N–H and O–H groups in total. The van der Waals surface area contributed by atoms with Gasteiger partial charge in [0, 0.05) is 12.8 Å². The maximum absolute atomic E-state index is 11.7. The van der Waals surface area contributed by atoms with Crippen molar-refractivity contribution in [1.29, 1.82) is 0 Å². The van der Waals surface area contributed by atoms with E-state index in [1.807, 2.05) is 6.92 Å². The van der Waals surface area contributed by atoms with E-state index in [2.05, 4.69) is 13.8 Å². The van der Waals surface area contributed by atoms with Gasteiger partial charge in [-0.05, 0) is 36.5 Å². The molecule has 0 saturated heterocycles. The minimum atomic E-state index is -0.134. The summed E-state index contributed by atoms with van der Waals surface area (Å²) in [6, 6.07) is 0. The van der Waals surface area contributed by atoms with E-state index in [1.165, 1.54) is 0 Å². The third-order valence-corrected chi connectivity index (χ3v) is 4.32. The van der Waals surface area contributed by atoms with Crippen molar-refractivity contribution in [3.8, 4) is 0 Å². The predicted octanol–water partition coefficient (Wildman–Crippen LogP) is 2.73. The Bertz CT molecular complexity index is 345. The third-order valence-electron chi connectivity index (χ3n) is 4.32. The molecular weight excluding hydrogens is 216 g/mol. The summed E-state index contributed by atoms with van der Waals surface area (Å²) in [5.74, 6) is 0.592. The summed E-state index contributed by atoms with van der Waals surface area (Å²) in [6.45, 7) is 6.73. The molecule has 3 nitrogen and oxygen atoms in total. The highest BCUT2D eigenvalue weighted by molar-refractivity contribution is 5.84. The number of carbonyl (C=O) groups is 2. The second-order valence-corrected chi connectivity index (χ2v) is 6.51. The number of esters is 1. The van der Waals surface area contributed by atoms with Crippen molar-refractivity contribution in [3.05, 3.63) is 0 Å². The maximum Gasteiger partial charge on any atom is 0.306 e. The molecule has 0 aromatic carbocycles. The Hall–Kier alpha value is -0.860. The molecule has 0 aromatic heterocycles. The Morgan fingerprint density at radius 1 is 1.47 bits per heavy atom. The van der Waals surface area contributed by atoms with Crippen molar-refractivity contribution in [2.75, 3.05) is 6.61 Å². The van der Waals surface area contributed by atoms with Crippen LogP contribution in [0.15, 0.2) is 0 Å². The van der Waals surface area contributed by atoms with Crippen molar-refractivity contribution < 1.29 is 14.3 Å². The fourth-order valence-electron chi connectivity index (χ4n) is 4.06. The molecule has 2 atom stereocenters. The zero-order chi connectivity index (χ0) is 12.7. The van der Waals surface area contributed by atoms with Gasteiger partial charge in [0.1, 0.15) is 5.78 Å². The Balaban J connectivity index is 2.14. The molecule has 3 heteroatoms. The Kier molecular flexibility index (Phi) is 3.04. The smallest absolute Gasteiger partial charge is 0.306 e. The lowest BCUT2D eigenvalue weighted by atomic mass is 9.76. The van der Waals surface area contributed by atoms with Gasteiger partial charge in [0.2, 0.25) is 0 Å². The van der Waals surface area contributed by atoms with E-state index in [0.717, 1.165) is 12.8 Å². The molecule has 2 saturated carbocycles. The highest BCUT2D eigenvalue weighted by atomic mass is 16.5. The summed E-state index contributed by atoms with van der Waals surface area (Å²) in [6.07, 6.45) is 3.73. The van der Waals surface area contributed by atoms with Crippen LogP contribution in [0.25, 0.3) is 0 Å². The molecule has 2 aliphatic carbocycles. The summed E-state index contributed by atoms with van der Waals surface area (Å²) in [5, 5.41) is 0. The van der Waals surface area contributed by atoms with Crippen molar-refractivity contribution in [1.82, 2.24) is 0 Å². The van der Waals surface area contributed by atoms with Gasteiger partial charge in [0.15, 0.2) is 0 Å². The zero-order valence-corrected chi connectivity index (χ0v) is 11.0. The molecule has 0 radical (unpaired) electrons. The fraction of sp³-hybridized carbons (Fsp3) is 0.857. The van der Waals surface area contributed by atoms with Crippen LogP contribution in [0.1, 0.15) is 52.9 Å². The number of fused-ring (bicyclic) bond motifs is 1. The Labute approximate surface area is 103 Å². The average Bonchev–Trinajstić information content (AvgIpc) is 2.50. The van der Waals surface area contributed by atoms with Crippen LogP contribution in [0, 0.1) is 16.7 Å². The number of hydrogen-bond donors (Lipinski definition) is 0. The molecule has 0 unspecified atom stereocenters. The normalized spacial score (nSPS) is 34.8. The van der Waals surface area contributed by atoms with Gasteiger partial charge in [-0.25, -0.2) is 0 Å². The Morgan fingerprint density at radius 2 is 2.18 bits per heavy atom. The van der Waals surface area contributed by atoms with E-state index in [0.29, 0.717) is 37.6 Å². The van der Waals surface area contributed by atoms with Gasteiger partial charge in [0.25, 0.3) is 0 Å². The van der Waals surface area contributed by atoms with Gasteiger partial charge in [-0.1, -0.05) is 13.8 Å². The van der Waals surface area contributed by atoms with Gasteiger partial charge in [0.05, 0.1) is 13.0 Å². The highest BCUT2D eigenvalue weighted by Crippen LogP contribution is 2.61. The van der Waals surface area contributed by atoms with Crippen LogP contribution in [0.2, 0.25) is 0 Å². The number of ether oxygens (including phenoxy) is 1. The fourth-order valence-corrected chi connectivity index (χ4v) is 4.06. The Morgan fingerprint density at radius 3 is 2.82 bits per heavy atom. The van der Waals surface area contributed by atoms with E-state index >= 15 is 0 Å². The van der Waals surface area contributed by atoms with Crippen molar-refractivity contribution >= 4 is 11.8 Å². The summed E-state index contributed by atoms with van der Waals surface area (Å²) in [4.78, 5) is 23.4. The molecule has 2 aliphatic rings. The third kappa shape index (κ3) is 2.38. The van der Waals surface area contributed by atoms with E-state index in [4.69, 9.17) is 4.74 Å². The molecule has 0 amide bonds. The van der Waals surface area contributed by atoms with Crippen molar-refractivity contribution in [2.24, 2.45) is 16.7 Å². The molecule has 0 bridgehead atoms. The quantitative estimate of drug-likeness (QED) is 0.710. The predicted molar refractivity (Wildman–Crippen MR) is 64.4 cm³/mol. The largest absolute Gasteiger partial charge is 0.466 e. The minimum absolute atomic E-state index is 0.0904. The second-order valence-electron chi connectivity index (χ2n) is 6.51. The SMILES string of the molecule is CCOC(=O)C[C@]12CC(=O)C[C@H]1CC(C)(C)C2. The van der Waals surface area contributed by atoms with Crippen LogP contribution in [0.3, 0.4) is 0 Å². The molecular formula is C14H22O3. The topological polar surface area (TPSA) is 43.4 Å². The van der Waals surface area contributed by atoms with Crippen LogP contribution in [-0.2, 0) is 14.3 Å². The summed E-state index contributed by atoms with van der Waals surface area (Å²) in [7, 11) is 0. The van der Waals surface area contributed by atoms with Gasteiger partial charge in [-0.15, -0.1) is 0 Å². The molecule has 0 spiro atoms. The number of rotatable bonds is 3. The van der Waals surface area contributed by atoms with Crippen LogP contribution in [0.4, 0.5) is 0 Å². The van der Waals surface area contributed by atoms with Gasteiger partial charge in [-0.3, -0.25) is 9.59 Å². The zero-order valence-electron chi connectivity index (χ0n) is 11.0. The average molecular weight is 238 g/mol. The van der Waals surface area contributed by atoms with E-state index < -0.39 is 0 Å². The van der Waals surface area contributed by atoms with Gasteiger partial charge < -0.3 is 4.74 Å². The lowest BCUT2D eigenvalue weighted by Gasteiger charge is -2.28. The van der Waals surface area contributed by atoms with Crippen LogP contribution in [0.5, 0.6) is 0 Å². The molecule has 2 rings (SSSR count).